The van der Waals surface area contributed by atoms with E-state index in [1.54, 1.807) is 17.6 Å². The van der Waals surface area contributed by atoms with Gasteiger partial charge in [-0.2, -0.15) is 23.5 Å². The van der Waals surface area contributed by atoms with Crippen LogP contribution in [0.1, 0.15) is 12.5 Å². The average molecular weight is 390 g/mol. The number of aromatic nitrogens is 5. The minimum Gasteiger partial charge on any atom is -0.357 e. The van der Waals surface area contributed by atoms with Crippen molar-refractivity contribution < 1.29 is 18.0 Å². The number of fused-ring (bicyclic) bond motifs is 1. The van der Waals surface area contributed by atoms with Gasteiger partial charge in [-0.1, -0.05) is 0 Å². The summed E-state index contributed by atoms with van der Waals surface area (Å²) in [5.74, 6) is -0.498. The smallest absolute Gasteiger partial charge is 0.357 e. The van der Waals surface area contributed by atoms with Crippen LogP contribution in [-0.2, 0) is 4.79 Å². The summed E-state index contributed by atoms with van der Waals surface area (Å²) in [5, 5.41) is 21.8. The van der Waals surface area contributed by atoms with Crippen LogP contribution in [0.5, 0.6) is 0 Å². The lowest BCUT2D eigenvalue weighted by Crippen LogP contribution is -2.42. The number of alkyl halides is 3. The molecule has 3 N–H and O–H groups in total. The van der Waals surface area contributed by atoms with Crippen LogP contribution in [0, 0.1) is 11.3 Å². The van der Waals surface area contributed by atoms with E-state index in [4.69, 9.17) is 5.26 Å². The van der Waals surface area contributed by atoms with E-state index in [9.17, 15) is 18.0 Å². The van der Waals surface area contributed by atoms with E-state index in [1.165, 1.54) is 19.3 Å². The van der Waals surface area contributed by atoms with Crippen molar-refractivity contribution >= 4 is 22.8 Å². The number of nitrogens with zero attached hydrogens (tertiary/aromatic N) is 5. The van der Waals surface area contributed by atoms with Gasteiger partial charge in [-0.25, -0.2) is 9.97 Å². The molecule has 12 heteroatoms. The van der Waals surface area contributed by atoms with Gasteiger partial charge in [0.25, 0.3) is 0 Å². The van der Waals surface area contributed by atoms with Gasteiger partial charge in [-0.3, -0.25) is 4.79 Å². The molecule has 144 valence electrons. The van der Waals surface area contributed by atoms with Crippen molar-refractivity contribution in [3.05, 3.63) is 30.2 Å². The third kappa shape index (κ3) is 4.32. The summed E-state index contributed by atoms with van der Waals surface area (Å²) < 4.78 is 36.6. The van der Waals surface area contributed by atoms with Crippen LogP contribution in [0.3, 0.4) is 0 Å². The van der Waals surface area contributed by atoms with E-state index < -0.39 is 24.7 Å². The summed E-state index contributed by atoms with van der Waals surface area (Å²) >= 11 is 0. The summed E-state index contributed by atoms with van der Waals surface area (Å²) in [5.41, 5.74) is 1.41. The first-order valence-corrected chi connectivity index (χ1v) is 7.95. The molecule has 28 heavy (non-hydrogen) atoms. The molecular weight excluding hydrogens is 377 g/mol. The lowest BCUT2D eigenvalue weighted by atomic mass is 10.1. The lowest BCUT2D eigenvalue weighted by Gasteiger charge is -2.15. The van der Waals surface area contributed by atoms with Crippen molar-refractivity contribution in [2.75, 3.05) is 11.9 Å². The largest absolute Gasteiger partial charge is 0.405 e. The van der Waals surface area contributed by atoms with Crippen molar-refractivity contribution in [3.8, 4) is 17.5 Å². The third-order valence-corrected chi connectivity index (χ3v) is 3.68. The minimum absolute atomic E-state index is 0.151. The first-order valence-electron chi connectivity index (χ1n) is 7.95. The van der Waals surface area contributed by atoms with Crippen LogP contribution in [0.25, 0.3) is 22.4 Å². The third-order valence-electron chi connectivity index (χ3n) is 3.68. The van der Waals surface area contributed by atoms with E-state index in [-0.39, 0.29) is 11.6 Å². The first kappa shape index (κ1) is 19.0. The predicted octanol–water partition coefficient (Wildman–Crippen LogP) is 1.77. The zero-order chi connectivity index (χ0) is 20.3. The molecule has 0 bridgehead atoms. The highest BCUT2D eigenvalue weighted by Crippen LogP contribution is 2.25. The Bertz CT molecular complexity index is 1060. The standard InChI is InChI=1S/C16H13F3N8O/c1-8(15(28)23-7-16(17,18)19)25-12-6-24-27-14(26-12)11-5-22-13-10(11)2-9(3-20)4-21-13/h2,4-6,8H,7H2,1H3,(H,21,22)(H,23,28)(H,25,26,27)/t8-/m1/s1. The first-order chi connectivity index (χ1) is 13.3. The summed E-state index contributed by atoms with van der Waals surface area (Å²) in [6.45, 7) is -0.0308. The van der Waals surface area contributed by atoms with Gasteiger partial charge in [-0.15, -0.1) is 5.10 Å². The van der Waals surface area contributed by atoms with Crippen LogP contribution in [0.15, 0.2) is 24.7 Å². The molecule has 0 aliphatic carbocycles. The topological polar surface area (TPSA) is 132 Å². The number of hydrogen-bond acceptors (Lipinski definition) is 7. The minimum atomic E-state index is -4.50. The van der Waals surface area contributed by atoms with Crippen molar-refractivity contribution in [1.82, 2.24) is 30.5 Å². The summed E-state index contributed by atoms with van der Waals surface area (Å²) in [7, 11) is 0. The van der Waals surface area contributed by atoms with Crippen LogP contribution in [-0.4, -0.2) is 49.8 Å². The van der Waals surface area contributed by atoms with Crippen LogP contribution in [0.4, 0.5) is 19.0 Å². The van der Waals surface area contributed by atoms with E-state index in [0.717, 1.165) is 0 Å². The lowest BCUT2D eigenvalue weighted by molar-refractivity contribution is -0.138. The van der Waals surface area contributed by atoms with Crippen LogP contribution < -0.4 is 10.6 Å². The zero-order valence-electron chi connectivity index (χ0n) is 14.4. The van der Waals surface area contributed by atoms with Gasteiger partial charge in [0.05, 0.1) is 11.8 Å². The number of aromatic amines is 1. The Labute approximate surface area is 156 Å². The molecule has 0 fully saturated rings. The van der Waals surface area contributed by atoms with Gasteiger partial charge in [0.15, 0.2) is 5.82 Å². The summed E-state index contributed by atoms with van der Waals surface area (Å²) in [6.07, 6.45) is -0.241. The van der Waals surface area contributed by atoms with Gasteiger partial charge in [0, 0.05) is 23.3 Å². The quantitative estimate of drug-likeness (QED) is 0.605. The number of halogens is 3. The van der Waals surface area contributed by atoms with Crippen molar-refractivity contribution in [1.29, 1.82) is 5.26 Å². The van der Waals surface area contributed by atoms with E-state index in [2.05, 4.69) is 30.5 Å². The Kier molecular flexibility index (Phi) is 5.08. The number of hydrogen-bond donors (Lipinski definition) is 3. The van der Waals surface area contributed by atoms with Crippen molar-refractivity contribution in [2.24, 2.45) is 0 Å². The molecule has 1 atom stereocenters. The molecule has 3 aromatic heterocycles. The monoisotopic (exact) mass is 390 g/mol. The fourth-order valence-electron chi connectivity index (χ4n) is 2.36. The molecular formula is C16H13F3N8O. The summed E-state index contributed by atoms with van der Waals surface area (Å²) in [6, 6.07) is 2.62. The second-order valence-electron chi connectivity index (χ2n) is 5.80. The van der Waals surface area contributed by atoms with Crippen molar-refractivity contribution in [3.63, 3.8) is 0 Å². The Hall–Kier alpha value is -3.75. The molecule has 0 aromatic carbocycles. The number of H-pyrrole nitrogens is 1. The van der Waals surface area contributed by atoms with E-state index in [0.29, 0.717) is 22.2 Å². The molecule has 0 aliphatic heterocycles. The maximum Gasteiger partial charge on any atom is 0.405 e. The average Bonchev–Trinajstić information content (AvgIpc) is 3.08. The van der Waals surface area contributed by atoms with Crippen LogP contribution in [0.2, 0.25) is 0 Å². The maximum absolute atomic E-state index is 12.2. The van der Waals surface area contributed by atoms with Crippen LogP contribution >= 0.6 is 0 Å². The molecule has 0 saturated carbocycles. The molecule has 0 saturated heterocycles. The molecule has 3 heterocycles. The Morgan fingerprint density at radius 3 is 2.89 bits per heavy atom. The highest BCUT2D eigenvalue weighted by atomic mass is 19.4. The van der Waals surface area contributed by atoms with Gasteiger partial charge < -0.3 is 15.6 Å². The van der Waals surface area contributed by atoms with Crippen molar-refractivity contribution in [2.45, 2.75) is 19.1 Å². The number of carbonyl (C=O) groups is 1. The molecule has 0 unspecified atom stereocenters. The SMILES string of the molecule is C[C@@H](Nc1cnnc(-c2c[nH]c3ncc(C#N)cc23)n1)C(=O)NCC(F)(F)F. The number of pyridine rings is 1. The van der Waals surface area contributed by atoms with E-state index in [1.807, 2.05) is 6.07 Å². The Balaban J connectivity index is 1.80. The van der Waals surface area contributed by atoms with Gasteiger partial charge in [0.2, 0.25) is 5.91 Å². The van der Waals surface area contributed by atoms with Gasteiger partial charge in [-0.05, 0) is 13.0 Å². The number of amides is 1. The normalized spacial score (nSPS) is 12.4. The molecule has 0 spiro atoms. The highest BCUT2D eigenvalue weighted by molar-refractivity contribution is 5.92. The molecule has 9 nitrogen and oxygen atoms in total. The fourth-order valence-corrected chi connectivity index (χ4v) is 2.36. The molecule has 1 amide bonds. The number of carbonyl (C=O) groups excluding carboxylic acids is 1. The number of nitrogens with one attached hydrogen (secondary N) is 3. The maximum atomic E-state index is 12.2. The Morgan fingerprint density at radius 1 is 1.39 bits per heavy atom. The van der Waals surface area contributed by atoms with E-state index >= 15 is 0 Å². The Morgan fingerprint density at radius 2 is 2.18 bits per heavy atom. The zero-order valence-corrected chi connectivity index (χ0v) is 14.4. The number of rotatable bonds is 5. The molecule has 0 aliphatic rings. The number of nitriles is 1. The predicted molar refractivity (Wildman–Crippen MR) is 91.8 cm³/mol. The second kappa shape index (κ2) is 7.47. The second-order valence-corrected chi connectivity index (χ2v) is 5.80. The molecule has 3 aromatic rings. The molecule has 0 radical (unpaired) electrons. The number of anilines is 1. The highest BCUT2D eigenvalue weighted by Gasteiger charge is 2.28. The summed E-state index contributed by atoms with van der Waals surface area (Å²) in [4.78, 5) is 23.1. The fraction of sp³-hybridized carbons (Fsp3) is 0.250. The van der Waals surface area contributed by atoms with Gasteiger partial charge >= 0.3 is 6.18 Å². The molecule has 3 rings (SSSR count). The van der Waals surface area contributed by atoms with Gasteiger partial charge in [0.1, 0.15) is 30.1 Å².